The molecule has 104 valence electrons. The fourth-order valence-electron chi connectivity index (χ4n) is 2.60. The lowest BCUT2D eigenvalue weighted by Crippen LogP contribution is -2.46. The minimum Gasteiger partial charge on any atom is -0.301 e. The second-order valence-corrected chi connectivity index (χ2v) is 5.30. The van der Waals surface area contributed by atoms with Gasteiger partial charge >= 0.3 is 0 Å². The van der Waals surface area contributed by atoms with Crippen molar-refractivity contribution in [3.8, 4) is 0 Å². The number of aryl methyl sites for hydroxylation is 1. The molecular weight excluding hydrogens is 232 g/mol. The van der Waals surface area contributed by atoms with E-state index in [-0.39, 0.29) is 0 Å². The van der Waals surface area contributed by atoms with E-state index in [1.54, 1.807) is 0 Å². The molecule has 0 radical (unpaired) electrons. The Morgan fingerprint density at radius 1 is 1.00 bits per heavy atom. The van der Waals surface area contributed by atoms with Crippen LogP contribution in [0.15, 0.2) is 42.5 Å². The standard InChI is InChI=1S/C17H26N2/c1-2-3-11-18-13-15-19(16-14-18)12-7-10-17-8-5-4-6-9-17/h2-6,8-9H,7,10-16H2,1H3. The van der Waals surface area contributed by atoms with Gasteiger partial charge in [0.1, 0.15) is 0 Å². The highest BCUT2D eigenvalue weighted by molar-refractivity contribution is 5.14. The summed E-state index contributed by atoms with van der Waals surface area (Å²) >= 11 is 0. The summed E-state index contributed by atoms with van der Waals surface area (Å²) in [5.74, 6) is 0. The predicted molar refractivity (Wildman–Crippen MR) is 82.5 cm³/mol. The first-order valence-corrected chi connectivity index (χ1v) is 7.48. The SMILES string of the molecule is CC=CCN1CCN(CCCc2ccccc2)CC1. The summed E-state index contributed by atoms with van der Waals surface area (Å²) in [5, 5.41) is 0. The van der Waals surface area contributed by atoms with Gasteiger partial charge in [0.25, 0.3) is 0 Å². The molecule has 1 fully saturated rings. The maximum atomic E-state index is 2.61. The number of rotatable bonds is 6. The van der Waals surface area contributed by atoms with Crippen LogP contribution in [-0.4, -0.2) is 49.1 Å². The highest BCUT2D eigenvalue weighted by atomic mass is 15.3. The largest absolute Gasteiger partial charge is 0.301 e. The maximum absolute atomic E-state index is 2.61. The molecule has 2 nitrogen and oxygen atoms in total. The lowest BCUT2D eigenvalue weighted by Gasteiger charge is -2.34. The number of hydrogen-bond donors (Lipinski definition) is 0. The summed E-state index contributed by atoms with van der Waals surface area (Å²) in [6, 6.07) is 10.8. The molecule has 0 atom stereocenters. The van der Waals surface area contributed by atoms with Gasteiger partial charge in [-0.2, -0.15) is 0 Å². The van der Waals surface area contributed by atoms with Crippen molar-refractivity contribution in [2.45, 2.75) is 19.8 Å². The van der Waals surface area contributed by atoms with E-state index >= 15 is 0 Å². The first kappa shape index (κ1) is 14.3. The molecule has 19 heavy (non-hydrogen) atoms. The number of piperazine rings is 1. The van der Waals surface area contributed by atoms with E-state index in [1.807, 2.05) is 0 Å². The lowest BCUT2D eigenvalue weighted by molar-refractivity contribution is 0.141. The molecule has 1 aromatic rings. The molecule has 0 spiro atoms. The molecule has 0 aromatic heterocycles. The van der Waals surface area contributed by atoms with Gasteiger partial charge in [-0.3, -0.25) is 4.90 Å². The van der Waals surface area contributed by atoms with Gasteiger partial charge in [-0.05, 0) is 31.9 Å². The Hall–Kier alpha value is -1.12. The van der Waals surface area contributed by atoms with Crippen LogP contribution in [0, 0.1) is 0 Å². The summed E-state index contributed by atoms with van der Waals surface area (Å²) in [7, 11) is 0. The molecule has 0 unspecified atom stereocenters. The molecule has 1 aromatic carbocycles. The number of allylic oxidation sites excluding steroid dienone is 1. The van der Waals surface area contributed by atoms with Gasteiger partial charge in [-0.25, -0.2) is 0 Å². The third kappa shape index (κ3) is 5.17. The van der Waals surface area contributed by atoms with E-state index in [4.69, 9.17) is 0 Å². The van der Waals surface area contributed by atoms with Crippen molar-refractivity contribution in [3.63, 3.8) is 0 Å². The Kier molecular flexibility index (Phi) is 6.12. The lowest BCUT2D eigenvalue weighted by atomic mass is 10.1. The minimum atomic E-state index is 1.12. The smallest absolute Gasteiger partial charge is 0.0164 e. The van der Waals surface area contributed by atoms with Crippen molar-refractivity contribution in [3.05, 3.63) is 48.0 Å². The highest BCUT2D eigenvalue weighted by Gasteiger charge is 2.14. The molecule has 0 saturated carbocycles. The van der Waals surface area contributed by atoms with E-state index in [2.05, 4.69) is 59.2 Å². The Labute approximate surface area is 117 Å². The van der Waals surface area contributed by atoms with Crippen molar-refractivity contribution < 1.29 is 0 Å². The van der Waals surface area contributed by atoms with Crippen molar-refractivity contribution in [1.82, 2.24) is 9.80 Å². The zero-order valence-electron chi connectivity index (χ0n) is 12.1. The average molecular weight is 258 g/mol. The van der Waals surface area contributed by atoms with Crippen molar-refractivity contribution in [1.29, 1.82) is 0 Å². The van der Waals surface area contributed by atoms with Crippen molar-refractivity contribution in [2.75, 3.05) is 39.3 Å². The summed E-state index contributed by atoms with van der Waals surface area (Å²) < 4.78 is 0. The molecule has 0 amide bonds. The van der Waals surface area contributed by atoms with Crippen LogP contribution < -0.4 is 0 Å². The zero-order chi connectivity index (χ0) is 13.3. The fourth-order valence-corrected chi connectivity index (χ4v) is 2.60. The van der Waals surface area contributed by atoms with Gasteiger partial charge in [-0.15, -0.1) is 0 Å². The predicted octanol–water partition coefficient (Wildman–Crippen LogP) is 2.81. The Balaban J connectivity index is 1.61. The molecule has 0 bridgehead atoms. The molecule has 2 heteroatoms. The van der Waals surface area contributed by atoms with Crippen LogP contribution in [0.1, 0.15) is 18.9 Å². The van der Waals surface area contributed by atoms with Crippen LogP contribution >= 0.6 is 0 Å². The van der Waals surface area contributed by atoms with Gasteiger partial charge in [0.15, 0.2) is 0 Å². The van der Waals surface area contributed by atoms with E-state index < -0.39 is 0 Å². The molecule has 2 rings (SSSR count). The Bertz CT molecular complexity index is 364. The van der Waals surface area contributed by atoms with Gasteiger partial charge in [0, 0.05) is 32.7 Å². The Morgan fingerprint density at radius 2 is 1.68 bits per heavy atom. The molecule has 1 heterocycles. The van der Waals surface area contributed by atoms with E-state index in [9.17, 15) is 0 Å². The third-order valence-corrected chi connectivity index (χ3v) is 3.85. The minimum absolute atomic E-state index is 1.12. The summed E-state index contributed by atoms with van der Waals surface area (Å²) in [4.78, 5) is 5.14. The second-order valence-electron chi connectivity index (χ2n) is 5.30. The number of hydrogen-bond acceptors (Lipinski definition) is 2. The third-order valence-electron chi connectivity index (χ3n) is 3.85. The molecule has 1 aliphatic rings. The van der Waals surface area contributed by atoms with Gasteiger partial charge < -0.3 is 4.90 Å². The average Bonchev–Trinajstić information content (AvgIpc) is 2.47. The van der Waals surface area contributed by atoms with Gasteiger partial charge in [-0.1, -0.05) is 42.5 Å². The zero-order valence-corrected chi connectivity index (χ0v) is 12.1. The number of nitrogens with zero attached hydrogens (tertiary/aromatic N) is 2. The first-order chi connectivity index (χ1) is 9.38. The highest BCUT2D eigenvalue weighted by Crippen LogP contribution is 2.06. The van der Waals surface area contributed by atoms with Crippen LogP contribution in [0.3, 0.4) is 0 Å². The van der Waals surface area contributed by atoms with Crippen LogP contribution in [0.5, 0.6) is 0 Å². The fraction of sp³-hybridized carbons (Fsp3) is 0.529. The van der Waals surface area contributed by atoms with Crippen LogP contribution in [-0.2, 0) is 6.42 Å². The van der Waals surface area contributed by atoms with Crippen LogP contribution in [0.25, 0.3) is 0 Å². The monoisotopic (exact) mass is 258 g/mol. The second kappa shape index (κ2) is 8.13. The molecule has 0 aliphatic carbocycles. The van der Waals surface area contributed by atoms with Crippen LogP contribution in [0.4, 0.5) is 0 Å². The summed E-state index contributed by atoms with van der Waals surface area (Å²) in [6.07, 6.45) is 6.88. The normalized spacial score (nSPS) is 18.2. The van der Waals surface area contributed by atoms with Gasteiger partial charge in [0.2, 0.25) is 0 Å². The number of benzene rings is 1. The van der Waals surface area contributed by atoms with E-state index in [0.717, 1.165) is 6.54 Å². The van der Waals surface area contributed by atoms with E-state index in [0.29, 0.717) is 0 Å². The molecule has 1 aliphatic heterocycles. The quantitative estimate of drug-likeness (QED) is 0.724. The molecule has 1 saturated heterocycles. The first-order valence-electron chi connectivity index (χ1n) is 7.48. The Morgan fingerprint density at radius 3 is 2.37 bits per heavy atom. The topological polar surface area (TPSA) is 6.48 Å². The summed E-state index contributed by atoms with van der Waals surface area (Å²) in [5.41, 5.74) is 1.47. The van der Waals surface area contributed by atoms with E-state index in [1.165, 1.54) is 51.1 Å². The molecule has 0 N–H and O–H groups in total. The molecular formula is C17H26N2. The van der Waals surface area contributed by atoms with Crippen LogP contribution in [0.2, 0.25) is 0 Å². The summed E-state index contributed by atoms with van der Waals surface area (Å²) in [6.45, 7) is 9.35. The van der Waals surface area contributed by atoms with Crippen molar-refractivity contribution in [2.24, 2.45) is 0 Å². The van der Waals surface area contributed by atoms with Gasteiger partial charge in [0.05, 0.1) is 0 Å². The maximum Gasteiger partial charge on any atom is 0.0164 e. The van der Waals surface area contributed by atoms with Crippen molar-refractivity contribution >= 4 is 0 Å².